The van der Waals surface area contributed by atoms with Gasteiger partial charge in [0, 0.05) is 17.5 Å². The minimum Gasteiger partial charge on any atom is -0.326 e. The molecule has 0 radical (unpaired) electrons. The molecule has 0 saturated heterocycles. The SMILES string of the molecule is CC1Sc2ccc(CN)cc2N(C(C)C)C1=O. The first-order valence-corrected chi connectivity index (χ1v) is 6.75. The first-order chi connectivity index (χ1) is 8.04. The van der Waals surface area contributed by atoms with Gasteiger partial charge < -0.3 is 10.6 Å². The lowest BCUT2D eigenvalue weighted by atomic mass is 10.1. The highest BCUT2D eigenvalue weighted by atomic mass is 32.2. The average Bonchev–Trinajstić information content (AvgIpc) is 2.29. The summed E-state index contributed by atoms with van der Waals surface area (Å²) in [5, 5.41) is -0.00590. The molecule has 0 spiro atoms. The number of hydrogen-bond donors (Lipinski definition) is 1. The fourth-order valence-electron chi connectivity index (χ4n) is 2.07. The van der Waals surface area contributed by atoms with Gasteiger partial charge in [-0.15, -0.1) is 11.8 Å². The lowest BCUT2D eigenvalue weighted by molar-refractivity contribution is -0.118. The summed E-state index contributed by atoms with van der Waals surface area (Å²) in [6.07, 6.45) is 0. The number of amides is 1. The van der Waals surface area contributed by atoms with Crippen molar-refractivity contribution in [3.8, 4) is 0 Å². The van der Waals surface area contributed by atoms with Gasteiger partial charge in [0.05, 0.1) is 10.9 Å². The van der Waals surface area contributed by atoms with Crippen LogP contribution in [-0.2, 0) is 11.3 Å². The molecule has 1 aromatic rings. The van der Waals surface area contributed by atoms with Crippen LogP contribution in [0.5, 0.6) is 0 Å². The molecule has 1 heterocycles. The maximum Gasteiger partial charge on any atom is 0.240 e. The number of carbonyl (C=O) groups excluding carboxylic acids is 1. The molecule has 1 aliphatic heterocycles. The van der Waals surface area contributed by atoms with Crippen molar-refractivity contribution in [3.63, 3.8) is 0 Å². The van der Waals surface area contributed by atoms with Gasteiger partial charge in [-0.3, -0.25) is 4.79 Å². The van der Waals surface area contributed by atoms with E-state index in [1.54, 1.807) is 11.8 Å². The van der Waals surface area contributed by atoms with Crippen molar-refractivity contribution in [2.75, 3.05) is 4.90 Å². The topological polar surface area (TPSA) is 46.3 Å². The molecule has 1 atom stereocenters. The monoisotopic (exact) mass is 250 g/mol. The first-order valence-electron chi connectivity index (χ1n) is 5.87. The summed E-state index contributed by atoms with van der Waals surface area (Å²) >= 11 is 1.63. The van der Waals surface area contributed by atoms with Crippen LogP contribution in [-0.4, -0.2) is 17.2 Å². The highest BCUT2D eigenvalue weighted by molar-refractivity contribution is 8.00. The van der Waals surface area contributed by atoms with Crippen molar-refractivity contribution in [1.29, 1.82) is 0 Å². The van der Waals surface area contributed by atoms with Gasteiger partial charge in [-0.05, 0) is 38.5 Å². The van der Waals surface area contributed by atoms with E-state index in [1.165, 1.54) is 4.90 Å². The van der Waals surface area contributed by atoms with Gasteiger partial charge in [0.25, 0.3) is 0 Å². The van der Waals surface area contributed by atoms with E-state index in [9.17, 15) is 4.79 Å². The van der Waals surface area contributed by atoms with Crippen LogP contribution in [0.4, 0.5) is 5.69 Å². The number of nitrogens with zero attached hydrogens (tertiary/aromatic N) is 1. The molecule has 92 valence electrons. The molecule has 0 aromatic heterocycles. The Balaban J connectivity index is 2.51. The van der Waals surface area contributed by atoms with Crippen molar-refractivity contribution in [1.82, 2.24) is 0 Å². The maximum atomic E-state index is 12.2. The fourth-order valence-corrected chi connectivity index (χ4v) is 3.09. The molecule has 1 aliphatic rings. The van der Waals surface area contributed by atoms with E-state index in [0.717, 1.165) is 11.3 Å². The molecule has 3 nitrogen and oxygen atoms in total. The number of anilines is 1. The van der Waals surface area contributed by atoms with E-state index in [0.29, 0.717) is 6.54 Å². The molecule has 0 saturated carbocycles. The van der Waals surface area contributed by atoms with E-state index in [4.69, 9.17) is 5.73 Å². The number of hydrogen-bond acceptors (Lipinski definition) is 3. The predicted octanol–water partition coefficient (Wildman–Crippen LogP) is 2.38. The van der Waals surface area contributed by atoms with Crippen LogP contribution in [0, 0.1) is 0 Å². The van der Waals surface area contributed by atoms with Crippen LogP contribution >= 0.6 is 11.8 Å². The van der Waals surface area contributed by atoms with E-state index in [-0.39, 0.29) is 17.2 Å². The fraction of sp³-hybridized carbons (Fsp3) is 0.462. The zero-order valence-corrected chi connectivity index (χ0v) is 11.3. The average molecular weight is 250 g/mol. The van der Waals surface area contributed by atoms with Gasteiger partial charge in [-0.2, -0.15) is 0 Å². The third kappa shape index (κ3) is 2.19. The zero-order valence-electron chi connectivity index (χ0n) is 10.4. The molecular weight excluding hydrogens is 232 g/mol. The van der Waals surface area contributed by atoms with Crippen LogP contribution in [0.3, 0.4) is 0 Å². The van der Waals surface area contributed by atoms with Crippen LogP contribution < -0.4 is 10.6 Å². The quantitative estimate of drug-likeness (QED) is 0.876. The number of rotatable bonds is 2. The Morgan fingerprint density at radius 1 is 1.47 bits per heavy atom. The lowest BCUT2D eigenvalue weighted by Crippen LogP contribution is -2.44. The minimum absolute atomic E-state index is 0.00590. The second-order valence-corrected chi connectivity index (χ2v) is 5.95. The number of thioether (sulfide) groups is 1. The standard InChI is InChI=1S/C13H18N2OS/c1-8(2)15-11-6-10(7-14)4-5-12(11)17-9(3)13(15)16/h4-6,8-9H,7,14H2,1-3H3. The Bertz CT molecular complexity index is 445. The van der Waals surface area contributed by atoms with Crippen LogP contribution in [0.1, 0.15) is 26.3 Å². The summed E-state index contributed by atoms with van der Waals surface area (Å²) in [6, 6.07) is 6.32. The van der Waals surface area contributed by atoms with E-state index in [2.05, 4.69) is 6.07 Å². The van der Waals surface area contributed by atoms with E-state index >= 15 is 0 Å². The molecule has 0 fully saturated rings. The minimum atomic E-state index is -0.00590. The summed E-state index contributed by atoms with van der Waals surface area (Å²) in [5.41, 5.74) is 7.73. The smallest absolute Gasteiger partial charge is 0.240 e. The van der Waals surface area contributed by atoms with E-state index < -0.39 is 0 Å². The van der Waals surface area contributed by atoms with Crippen LogP contribution in [0.15, 0.2) is 23.1 Å². The zero-order chi connectivity index (χ0) is 12.6. The second-order valence-electron chi connectivity index (χ2n) is 4.57. The highest BCUT2D eigenvalue weighted by Gasteiger charge is 2.32. The van der Waals surface area contributed by atoms with Crippen LogP contribution in [0.2, 0.25) is 0 Å². The number of nitrogens with two attached hydrogens (primary N) is 1. The van der Waals surface area contributed by atoms with Crippen molar-refractivity contribution in [3.05, 3.63) is 23.8 Å². The van der Waals surface area contributed by atoms with Crippen molar-refractivity contribution in [2.24, 2.45) is 5.73 Å². The Morgan fingerprint density at radius 2 is 2.18 bits per heavy atom. The Morgan fingerprint density at radius 3 is 2.76 bits per heavy atom. The highest BCUT2D eigenvalue weighted by Crippen LogP contribution is 2.40. The molecule has 17 heavy (non-hydrogen) atoms. The molecular formula is C13H18N2OS. The summed E-state index contributed by atoms with van der Waals surface area (Å²) in [5.74, 6) is 0.187. The molecule has 2 N–H and O–H groups in total. The van der Waals surface area contributed by atoms with Gasteiger partial charge >= 0.3 is 0 Å². The van der Waals surface area contributed by atoms with Gasteiger partial charge in [0.1, 0.15) is 0 Å². The number of benzene rings is 1. The van der Waals surface area contributed by atoms with Gasteiger partial charge in [0.2, 0.25) is 5.91 Å². The number of carbonyl (C=O) groups is 1. The van der Waals surface area contributed by atoms with Crippen molar-refractivity contribution >= 4 is 23.4 Å². The summed E-state index contributed by atoms with van der Waals surface area (Å²) in [7, 11) is 0. The van der Waals surface area contributed by atoms with E-state index in [1.807, 2.05) is 37.8 Å². The molecule has 1 aromatic carbocycles. The third-order valence-corrected chi connectivity index (χ3v) is 4.08. The molecule has 1 unspecified atom stereocenters. The largest absolute Gasteiger partial charge is 0.326 e. The Labute approximate surface area is 106 Å². The maximum absolute atomic E-state index is 12.2. The second kappa shape index (κ2) is 4.70. The van der Waals surface area contributed by atoms with Gasteiger partial charge in [0.15, 0.2) is 0 Å². The Hall–Kier alpha value is -1.00. The third-order valence-electron chi connectivity index (χ3n) is 2.92. The van der Waals surface area contributed by atoms with Crippen molar-refractivity contribution < 1.29 is 4.79 Å². The normalized spacial score (nSPS) is 19.7. The molecule has 1 amide bonds. The summed E-state index contributed by atoms with van der Waals surface area (Å²) in [6.45, 7) is 6.55. The Kier molecular flexibility index (Phi) is 3.45. The summed E-state index contributed by atoms with van der Waals surface area (Å²) < 4.78 is 0. The lowest BCUT2D eigenvalue weighted by Gasteiger charge is -2.35. The van der Waals surface area contributed by atoms with Gasteiger partial charge in [-0.1, -0.05) is 6.07 Å². The van der Waals surface area contributed by atoms with Crippen molar-refractivity contribution in [2.45, 2.75) is 43.5 Å². The number of fused-ring (bicyclic) bond motifs is 1. The van der Waals surface area contributed by atoms with Crippen LogP contribution in [0.25, 0.3) is 0 Å². The molecule has 0 bridgehead atoms. The molecule has 4 heteroatoms. The first kappa shape index (κ1) is 12.5. The summed E-state index contributed by atoms with van der Waals surface area (Å²) in [4.78, 5) is 15.3. The van der Waals surface area contributed by atoms with Gasteiger partial charge in [-0.25, -0.2) is 0 Å². The molecule has 2 rings (SSSR count). The predicted molar refractivity (Wildman–Crippen MR) is 72.3 cm³/mol. The molecule has 0 aliphatic carbocycles.